The Balaban J connectivity index is 2.28. The predicted octanol–water partition coefficient (Wildman–Crippen LogP) is 2.53. The zero-order valence-corrected chi connectivity index (χ0v) is 11.6. The minimum absolute atomic E-state index is 0.0748. The summed E-state index contributed by atoms with van der Waals surface area (Å²) >= 11 is 5.48. The molecule has 1 aromatic rings. The number of carbonyl (C=O) groups is 1. The van der Waals surface area contributed by atoms with E-state index < -0.39 is 0 Å². The first-order valence-electron chi connectivity index (χ1n) is 4.63. The first kappa shape index (κ1) is 11.2. The Labute approximate surface area is 110 Å². The first-order chi connectivity index (χ1) is 7.08. The average molecular weight is 381 g/mol. The molecule has 1 aromatic carbocycles. The monoisotopic (exact) mass is 380 g/mol. The highest BCUT2D eigenvalue weighted by Gasteiger charge is 2.25. The van der Waals surface area contributed by atoms with Gasteiger partial charge in [-0.3, -0.25) is 4.79 Å². The third-order valence-electron chi connectivity index (χ3n) is 2.25. The van der Waals surface area contributed by atoms with Crippen molar-refractivity contribution in [2.75, 3.05) is 5.73 Å². The molecule has 0 spiro atoms. The van der Waals surface area contributed by atoms with Gasteiger partial charge in [0.2, 0.25) is 0 Å². The zero-order chi connectivity index (χ0) is 11.0. The molecule has 0 atom stereocenters. The van der Waals surface area contributed by atoms with Crippen molar-refractivity contribution in [3.8, 4) is 0 Å². The van der Waals surface area contributed by atoms with E-state index >= 15 is 0 Å². The topological polar surface area (TPSA) is 55.1 Å². The van der Waals surface area contributed by atoms with E-state index in [0.29, 0.717) is 17.3 Å². The Bertz CT molecular complexity index is 418. The quantitative estimate of drug-likeness (QED) is 0.611. The summed E-state index contributed by atoms with van der Waals surface area (Å²) in [4.78, 5) is 11.8. The summed E-state index contributed by atoms with van der Waals surface area (Å²) in [5.41, 5.74) is 6.97. The molecular formula is C10H10BrIN2O. The number of hydrogen-bond donors (Lipinski definition) is 2. The summed E-state index contributed by atoms with van der Waals surface area (Å²) in [6.07, 6.45) is 2.16. The lowest BCUT2D eigenvalue weighted by Crippen LogP contribution is -2.26. The SMILES string of the molecule is Nc1c(I)cc(Br)cc1C(=O)NC1CC1. The summed E-state index contributed by atoms with van der Waals surface area (Å²) in [6, 6.07) is 4.01. The van der Waals surface area contributed by atoms with Gasteiger partial charge >= 0.3 is 0 Å². The Morgan fingerprint density at radius 1 is 1.53 bits per heavy atom. The van der Waals surface area contributed by atoms with Crippen LogP contribution in [-0.4, -0.2) is 11.9 Å². The molecular weight excluding hydrogens is 371 g/mol. The summed E-state index contributed by atoms with van der Waals surface area (Å²) in [7, 11) is 0. The van der Waals surface area contributed by atoms with E-state index in [1.54, 1.807) is 6.07 Å². The van der Waals surface area contributed by atoms with Crippen LogP contribution >= 0.6 is 38.5 Å². The van der Waals surface area contributed by atoms with Gasteiger partial charge in [-0.05, 0) is 47.6 Å². The fourth-order valence-electron chi connectivity index (χ4n) is 1.26. The molecule has 3 nitrogen and oxygen atoms in total. The number of nitrogens with one attached hydrogen (secondary N) is 1. The molecule has 0 aromatic heterocycles. The molecule has 0 radical (unpaired) electrons. The third-order valence-corrected chi connectivity index (χ3v) is 3.60. The number of halogens is 2. The number of carbonyl (C=O) groups excluding carboxylic acids is 1. The molecule has 1 amide bonds. The van der Waals surface area contributed by atoms with E-state index in [4.69, 9.17) is 5.73 Å². The molecule has 3 N–H and O–H groups in total. The molecule has 80 valence electrons. The minimum Gasteiger partial charge on any atom is -0.397 e. The Morgan fingerprint density at radius 3 is 2.80 bits per heavy atom. The van der Waals surface area contributed by atoms with Crippen LogP contribution in [0.3, 0.4) is 0 Å². The van der Waals surface area contributed by atoms with E-state index in [-0.39, 0.29) is 5.91 Å². The van der Waals surface area contributed by atoms with E-state index in [1.807, 2.05) is 6.07 Å². The van der Waals surface area contributed by atoms with Crippen molar-refractivity contribution in [3.05, 3.63) is 25.7 Å². The number of benzene rings is 1. The smallest absolute Gasteiger partial charge is 0.253 e. The predicted molar refractivity (Wildman–Crippen MR) is 71.8 cm³/mol. The summed E-state index contributed by atoms with van der Waals surface area (Å²) < 4.78 is 1.77. The fraction of sp³-hybridized carbons (Fsp3) is 0.300. The lowest BCUT2D eigenvalue weighted by Gasteiger charge is -2.08. The normalized spacial score (nSPS) is 15.1. The van der Waals surface area contributed by atoms with E-state index in [0.717, 1.165) is 20.9 Å². The van der Waals surface area contributed by atoms with Crippen LogP contribution in [0.2, 0.25) is 0 Å². The van der Waals surface area contributed by atoms with E-state index in [2.05, 4.69) is 43.8 Å². The van der Waals surface area contributed by atoms with Crippen molar-refractivity contribution in [1.82, 2.24) is 5.32 Å². The molecule has 1 fully saturated rings. The zero-order valence-electron chi connectivity index (χ0n) is 7.89. The lowest BCUT2D eigenvalue weighted by molar-refractivity contribution is 0.0952. The van der Waals surface area contributed by atoms with Crippen LogP contribution in [-0.2, 0) is 0 Å². The van der Waals surface area contributed by atoms with Crippen molar-refractivity contribution in [2.24, 2.45) is 0 Å². The number of nitrogens with two attached hydrogens (primary N) is 1. The van der Waals surface area contributed by atoms with Gasteiger partial charge in [-0.1, -0.05) is 15.9 Å². The first-order valence-corrected chi connectivity index (χ1v) is 6.50. The van der Waals surface area contributed by atoms with Gasteiger partial charge in [0.1, 0.15) is 0 Å². The van der Waals surface area contributed by atoms with Gasteiger partial charge in [0, 0.05) is 14.1 Å². The number of rotatable bonds is 2. The second-order valence-corrected chi connectivity index (χ2v) is 5.67. The van der Waals surface area contributed by atoms with Crippen LogP contribution in [0, 0.1) is 3.57 Å². The second kappa shape index (κ2) is 4.29. The Kier molecular flexibility index (Phi) is 3.20. The van der Waals surface area contributed by atoms with Crippen LogP contribution in [0.1, 0.15) is 23.2 Å². The van der Waals surface area contributed by atoms with Crippen molar-refractivity contribution in [1.29, 1.82) is 0 Å². The van der Waals surface area contributed by atoms with E-state index in [9.17, 15) is 4.79 Å². The molecule has 0 aliphatic heterocycles. The molecule has 2 rings (SSSR count). The maximum atomic E-state index is 11.8. The standard InChI is InChI=1S/C10H10BrIN2O/c11-5-3-7(9(13)8(12)4-5)10(15)14-6-1-2-6/h3-4,6H,1-2,13H2,(H,14,15). The fourth-order valence-corrected chi connectivity index (χ4v) is 2.78. The highest BCUT2D eigenvalue weighted by molar-refractivity contribution is 14.1. The highest BCUT2D eigenvalue weighted by Crippen LogP contribution is 2.26. The molecule has 0 unspecified atom stereocenters. The lowest BCUT2D eigenvalue weighted by atomic mass is 10.1. The average Bonchev–Trinajstić information content (AvgIpc) is 2.94. The maximum Gasteiger partial charge on any atom is 0.253 e. The number of anilines is 1. The van der Waals surface area contributed by atoms with Crippen LogP contribution in [0.4, 0.5) is 5.69 Å². The number of hydrogen-bond acceptors (Lipinski definition) is 2. The molecule has 15 heavy (non-hydrogen) atoms. The summed E-state index contributed by atoms with van der Waals surface area (Å²) in [6.45, 7) is 0. The molecule has 0 heterocycles. The molecule has 0 saturated heterocycles. The van der Waals surface area contributed by atoms with Crippen LogP contribution in [0.15, 0.2) is 16.6 Å². The second-order valence-electron chi connectivity index (χ2n) is 3.60. The van der Waals surface area contributed by atoms with Gasteiger partial charge in [0.15, 0.2) is 0 Å². The number of nitrogen functional groups attached to an aromatic ring is 1. The van der Waals surface area contributed by atoms with Gasteiger partial charge in [-0.25, -0.2) is 0 Å². The van der Waals surface area contributed by atoms with Gasteiger partial charge in [0.25, 0.3) is 5.91 Å². The molecule has 5 heteroatoms. The van der Waals surface area contributed by atoms with Crippen molar-refractivity contribution in [2.45, 2.75) is 18.9 Å². The maximum absolute atomic E-state index is 11.8. The summed E-state index contributed by atoms with van der Waals surface area (Å²) in [5, 5.41) is 2.92. The largest absolute Gasteiger partial charge is 0.397 e. The van der Waals surface area contributed by atoms with Gasteiger partial charge < -0.3 is 11.1 Å². The Hall–Kier alpha value is -0.300. The van der Waals surface area contributed by atoms with Crippen LogP contribution in [0.5, 0.6) is 0 Å². The van der Waals surface area contributed by atoms with Crippen LogP contribution < -0.4 is 11.1 Å². The molecule has 0 bridgehead atoms. The number of amides is 1. The van der Waals surface area contributed by atoms with Crippen LogP contribution in [0.25, 0.3) is 0 Å². The minimum atomic E-state index is -0.0748. The molecule has 1 aliphatic rings. The van der Waals surface area contributed by atoms with Crippen molar-refractivity contribution >= 4 is 50.1 Å². The molecule has 1 aliphatic carbocycles. The summed E-state index contributed by atoms with van der Waals surface area (Å²) in [5.74, 6) is -0.0748. The highest BCUT2D eigenvalue weighted by atomic mass is 127. The molecule has 1 saturated carbocycles. The van der Waals surface area contributed by atoms with Crippen molar-refractivity contribution in [3.63, 3.8) is 0 Å². The van der Waals surface area contributed by atoms with E-state index in [1.165, 1.54) is 0 Å². The van der Waals surface area contributed by atoms with Gasteiger partial charge in [-0.15, -0.1) is 0 Å². The van der Waals surface area contributed by atoms with Gasteiger partial charge in [0.05, 0.1) is 11.3 Å². The Morgan fingerprint density at radius 2 is 2.20 bits per heavy atom. The van der Waals surface area contributed by atoms with Gasteiger partial charge in [-0.2, -0.15) is 0 Å². The third kappa shape index (κ3) is 2.63. The van der Waals surface area contributed by atoms with Crippen molar-refractivity contribution < 1.29 is 4.79 Å².